The van der Waals surface area contributed by atoms with Gasteiger partial charge < -0.3 is 27.7 Å². The molecule has 5 aromatic carbocycles. The van der Waals surface area contributed by atoms with Crippen LogP contribution < -0.4 is 30.2 Å². The molecule has 1 aliphatic carbocycles. The van der Waals surface area contributed by atoms with E-state index in [2.05, 4.69) is 202 Å². The summed E-state index contributed by atoms with van der Waals surface area (Å²) in [6.07, 6.45) is 9.33. The summed E-state index contributed by atoms with van der Waals surface area (Å²) in [5.74, 6) is 1.10. The van der Waals surface area contributed by atoms with Gasteiger partial charge in [0, 0.05) is 36.3 Å². The molecule has 0 spiro atoms. The molecule has 0 bridgehead atoms. The summed E-state index contributed by atoms with van der Waals surface area (Å²) in [5.41, 5.74) is -0.0299. The van der Waals surface area contributed by atoms with Crippen molar-refractivity contribution in [1.29, 1.82) is 0 Å². The number of likely N-dealkylation sites (tertiary alicyclic amines) is 1. The van der Waals surface area contributed by atoms with Crippen molar-refractivity contribution in [2.24, 2.45) is 11.8 Å². The highest BCUT2D eigenvalue weighted by molar-refractivity contribution is 7.00. The van der Waals surface area contributed by atoms with Gasteiger partial charge in [0.15, 0.2) is 8.32 Å². The van der Waals surface area contributed by atoms with Crippen LogP contribution in [0.2, 0.25) is 29.7 Å². The van der Waals surface area contributed by atoms with Crippen molar-refractivity contribution >= 4 is 51.6 Å². The quantitative estimate of drug-likeness (QED) is 0.0440. The van der Waals surface area contributed by atoms with Crippen molar-refractivity contribution in [2.75, 3.05) is 14.2 Å². The highest BCUT2D eigenvalue weighted by Crippen LogP contribution is 2.56. The lowest BCUT2D eigenvalue weighted by Crippen LogP contribution is -2.68. The zero-order valence-corrected chi connectivity index (χ0v) is 46.6. The Morgan fingerprint density at radius 2 is 1.20 bits per heavy atom. The number of hydrogen-bond donors (Lipinski definition) is 0. The fourth-order valence-electron chi connectivity index (χ4n) is 11.6. The van der Waals surface area contributed by atoms with Gasteiger partial charge in [-0.05, 0) is 69.0 Å². The molecule has 368 valence electrons. The minimum Gasteiger partial charge on any atom is -0.497 e. The van der Waals surface area contributed by atoms with Crippen LogP contribution in [0.15, 0.2) is 152 Å². The maximum absolute atomic E-state index is 15.0. The number of amides is 1. The standard InChI is InChI=1S/C59H79NO6Si3/c1-13-14-19-28-46(64-68(57(2,3)4,48-29-20-15-21-30-48)49-31-22-16-23-32-49)39-40-52-53-42-56(61)60(44-45-37-38-47(62-8)41-54(45)63-9)59(53,66-67(10,11)12)43-55(52)65-69(58(5,6)7,50-33-24-17-25-34-50)51-35-26-18-27-36-51/h15-18,20-27,29-41,46,52-53,55H,13-14,19,28,42-44H2,1-12H3/t46-,52?,53?,55?,59?/m0/s1. The van der Waals surface area contributed by atoms with E-state index >= 15 is 0 Å². The van der Waals surface area contributed by atoms with E-state index in [1.54, 1.807) is 14.2 Å². The van der Waals surface area contributed by atoms with Crippen molar-refractivity contribution in [3.05, 3.63) is 157 Å². The molecule has 4 unspecified atom stereocenters. The predicted octanol–water partition coefficient (Wildman–Crippen LogP) is 11.6. The van der Waals surface area contributed by atoms with Crippen molar-refractivity contribution in [3.63, 3.8) is 0 Å². The lowest BCUT2D eigenvalue weighted by Gasteiger charge is -2.46. The molecule has 1 amide bonds. The van der Waals surface area contributed by atoms with Gasteiger partial charge in [-0.1, -0.05) is 201 Å². The molecule has 1 saturated carbocycles. The summed E-state index contributed by atoms with van der Waals surface area (Å²) in [6, 6.07) is 49.7. The van der Waals surface area contributed by atoms with Gasteiger partial charge in [-0.15, -0.1) is 0 Å². The normalized spacial score (nSPS) is 20.6. The summed E-state index contributed by atoms with van der Waals surface area (Å²) in [7, 11) is -5.07. The molecule has 7 rings (SSSR count). The maximum atomic E-state index is 15.0. The largest absolute Gasteiger partial charge is 0.497 e. The van der Waals surface area contributed by atoms with Gasteiger partial charge in [0.2, 0.25) is 5.91 Å². The van der Waals surface area contributed by atoms with Crippen LogP contribution in [0, 0.1) is 11.8 Å². The SMILES string of the molecule is CCCCC[C@@H](C=CC1C(O[Si](c2ccccc2)(c2ccccc2)C(C)(C)C)CC2(O[Si](C)(C)C)C1CC(=O)N2Cc1ccc(OC)cc1OC)O[Si](c1ccccc1)(c1ccccc1)C(C)(C)C. The zero-order chi connectivity index (χ0) is 49.7. The number of fused-ring (bicyclic) bond motifs is 1. The molecule has 1 aliphatic heterocycles. The Morgan fingerprint density at radius 1 is 0.696 bits per heavy atom. The fourth-order valence-corrected chi connectivity index (χ4v) is 22.4. The van der Waals surface area contributed by atoms with E-state index in [4.69, 9.17) is 22.8 Å². The Kier molecular flexibility index (Phi) is 16.2. The topological polar surface area (TPSA) is 66.5 Å². The van der Waals surface area contributed by atoms with Gasteiger partial charge in [0.1, 0.15) is 17.2 Å². The van der Waals surface area contributed by atoms with Gasteiger partial charge >= 0.3 is 0 Å². The van der Waals surface area contributed by atoms with E-state index < -0.39 is 30.7 Å². The van der Waals surface area contributed by atoms with E-state index in [0.717, 1.165) is 31.2 Å². The summed E-state index contributed by atoms with van der Waals surface area (Å²) in [4.78, 5) is 17.0. The molecule has 5 aromatic rings. The third-order valence-corrected chi connectivity index (χ3v) is 25.6. The third-order valence-electron chi connectivity index (χ3n) is 14.6. The monoisotopic (exact) mass is 982 g/mol. The van der Waals surface area contributed by atoms with Crippen LogP contribution in [0.25, 0.3) is 0 Å². The number of methoxy groups -OCH3 is 2. The number of benzene rings is 5. The Labute approximate surface area is 418 Å². The predicted molar refractivity (Wildman–Crippen MR) is 292 cm³/mol. The van der Waals surface area contributed by atoms with Crippen LogP contribution in [0.4, 0.5) is 0 Å². The number of carbonyl (C=O) groups excluding carboxylic acids is 1. The molecule has 1 saturated heterocycles. The molecular formula is C59H79NO6Si3. The summed E-state index contributed by atoms with van der Waals surface area (Å²) < 4.78 is 35.5. The first-order valence-electron chi connectivity index (χ1n) is 25.3. The van der Waals surface area contributed by atoms with Crippen LogP contribution in [0.1, 0.15) is 92.6 Å². The van der Waals surface area contributed by atoms with E-state index in [0.29, 0.717) is 30.9 Å². The molecule has 1 heterocycles. The van der Waals surface area contributed by atoms with E-state index in [1.807, 2.05) is 23.1 Å². The second-order valence-electron chi connectivity index (χ2n) is 22.3. The fraction of sp³-hybridized carbons (Fsp3) is 0.441. The summed E-state index contributed by atoms with van der Waals surface area (Å²) in [6.45, 7) is 23.5. The minimum atomic E-state index is -3.11. The summed E-state index contributed by atoms with van der Waals surface area (Å²) >= 11 is 0. The lowest BCUT2D eigenvalue weighted by molar-refractivity contribution is -0.146. The van der Waals surface area contributed by atoms with Crippen LogP contribution >= 0.6 is 0 Å². The molecule has 69 heavy (non-hydrogen) atoms. The molecule has 2 aliphatic rings. The van der Waals surface area contributed by atoms with Gasteiger partial charge in [0.25, 0.3) is 16.6 Å². The van der Waals surface area contributed by atoms with Crippen LogP contribution in [-0.4, -0.2) is 67.9 Å². The first kappa shape index (κ1) is 52.3. The van der Waals surface area contributed by atoms with Crippen molar-refractivity contribution in [3.8, 4) is 11.5 Å². The van der Waals surface area contributed by atoms with Crippen molar-refractivity contribution in [2.45, 2.75) is 141 Å². The number of ether oxygens (including phenoxy) is 2. The highest BCUT2D eigenvalue weighted by atomic mass is 28.4. The number of hydrogen-bond acceptors (Lipinski definition) is 6. The second kappa shape index (κ2) is 21.4. The number of nitrogens with zero attached hydrogens (tertiary/aromatic N) is 1. The Morgan fingerprint density at radius 3 is 1.65 bits per heavy atom. The molecule has 0 aromatic heterocycles. The highest BCUT2D eigenvalue weighted by Gasteiger charge is 2.66. The Bertz CT molecular complexity index is 2390. The Balaban J connectivity index is 1.44. The second-order valence-corrected chi connectivity index (χ2v) is 35.3. The number of unbranched alkanes of at least 4 members (excludes halogenated alkanes) is 2. The average Bonchev–Trinajstić information content (AvgIpc) is 3.74. The third kappa shape index (κ3) is 10.7. The molecule has 7 nitrogen and oxygen atoms in total. The van der Waals surface area contributed by atoms with E-state index in [1.165, 1.54) is 20.7 Å². The van der Waals surface area contributed by atoms with E-state index in [-0.39, 0.29) is 40.0 Å². The molecule has 5 atom stereocenters. The van der Waals surface area contributed by atoms with Gasteiger partial charge in [0.05, 0.1) is 33.0 Å². The van der Waals surface area contributed by atoms with Crippen LogP contribution in [0.3, 0.4) is 0 Å². The molecule has 10 heteroatoms. The van der Waals surface area contributed by atoms with Gasteiger partial charge in [-0.3, -0.25) is 4.79 Å². The number of carbonyl (C=O) groups is 1. The van der Waals surface area contributed by atoms with Gasteiger partial charge in [-0.25, -0.2) is 0 Å². The molecule has 2 fully saturated rings. The first-order valence-corrected chi connectivity index (χ1v) is 32.5. The molecule has 0 radical (unpaired) electrons. The minimum absolute atomic E-state index is 0.0847. The van der Waals surface area contributed by atoms with Crippen molar-refractivity contribution in [1.82, 2.24) is 4.90 Å². The number of rotatable bonds is 20. The van der Waals surface area contributed by atoms with E-state index in [9.17, 15) is 4.79 Å². The molecular weight excluding hydrogens is 903 g/mol. The first-order chi connectivity index (χ1) is 32.8. The smallest absolute Gasteiger partial charge is 0.261 e. The lowest BCUT2D eigenvalue weighted by atomic mass is 9.89. The van der Waals surface area contributed by atoms with Crippen molar-refractivity contribution < 1.29 is 27.5 Å². The summed E-state index contributed by atoms with van der Waals surface area (Å²) in [5, 5.41) is 4.52. The van der Waals surface area contributed by atoms with Crippen LogP contribution in [-0.2, 0) is 24.6 Å². The Hall–Kier alpha value is -4.56. The zero-order valence-electron chi connectivity index (χ0n) is 43.6. The van der Waals surface area contributed by atoms with Crippen LogP contribution in [0.5, 0.6) is 11.5 Å². The molecule has 0 N–H and O–H groups in total. The maximum Gasteiger partial charge on any atom is 0.261 e. The van der Waals surface area contributed by atoms with Gasteiger partial charge in [-0.2, -0.15) is 0 Å². The average molecular weight is 983 g/mol.